The lowest BCUT2D eigenvalue weighted by Gasteiger charge is -2.35. The Bertz CT molecular complexity index is 929. The molecule has 3 aliphatic rings. The van der Waals surface area contributed by atoms with Crippen LogP contribution in [-0.4, -0.2) is 69.0 Å². The number of amides is 1. The molecular formula is C24H34N4OS2. The molecule has 2 saturated heterocycles. The Morgan fingerprint density at radius 3 is 2.48 bits per heavy atom. The average molecular weight is 459 g/mol. The highest BCUT2D eigenvalue weighted by atomic mass is 32.2. The van der Waals surface area contributed by atoms with Crippen molar-refractivity contribution >= 4 is 45.1 Å². The van der Waals surface area contributed by atoms with Crippen molar-refractivity contribution in [1.82, 2.24) is 14.2 Å². The number of carbonyl (C=O) groups is 1. The third-order valence-corrected chi connectivity index (χ3v) is 9.79. The van der Waals surface area contributed by atoms with Gasteiger partial charge in [0.05, 0.1) is 14.3 Å². The molecule has 0 unspecified atom stereocenters. The van der Waals surface area contributed by atoms with E-state index in [1.807, 2.05) is 11.8 Å². The van der Waals surface area contributed by atoms with Crippen molar-refractivity contribution in [1.29, 1.82) is 0 Å². The summed E-state index contributed by atoms with van der Waals surface area (Å²) in [7, 11) is 0. The summed E-state index contributed by atoms with van der Waals surface area (Å²) in [5, 5.41) is 1.29. The van der Waals surface area contributed by atoms with E-state index >= 15 is 0 Å². The van der Waals surface area contributed by atoms with Crippen LogP contribution >= 0.6 is 23.3 Å². The lowest BCUT2D eigenvalue weighted by molar-refractivity contribution is -0.134. The van der Waals surface area contributed by atoms with Gasteiger partial charge in [-0.1, -0.05) is 25.0 Å². The van der Waals surface area contributed by atoms with E-state index in [0.717, 1.165) is 70.8 Å². The summed E-state index contributed by atoms with van der Waals surface area (Å²) in [4.78, 5) is 20.3. The molecule has 1 amide bonds. The molecule has 5 nitrogen and oxygen atoms in total. The zero-order chi connectivity index (χ0) is 21.5. The molecule has 1 spiro atoms. The quantitative estimate of drug-likeness (QED) is 0.580. The van der Waals surface area contributed by atoms with Crippen molar-refractivity contribution in [2.45, 2.75) is 62.0 Å². The summed E-state index contributed by atoms with van der Waals surface area (Å²) in [6, 6.07) is 8.54. The lowest BCUT2D eigenvalue weighted by atomic mass is 10.0. The number of fused-ring (bicyclic) bond motifs is 1. The number of hydrogen-bond acceptors (Lipinski definition) is 6. The summed E-state index contributed by atoms with van der Waals surface area (Å²) >= 11 is 3.54. The maximum absolute atomic E-state index is 13.2. The number of carbonyl (C=O) groups excluding carboxylic acids is 1. The van der Waals surface area contributed by atoms with Crippen molar-refractivity contribution in [3.63, 3.8) is 0 Å². The number of thioether (sulfide) groups is 1. The lowest BCUT2D eigenvalue weighted by Crippen LogP contribution is -2.47. The average Bonchev–Trinajstić information content (AvgIpc) is 3.45. The van der Waals surface area contributed by atoms with Crippen molar-refractivity contribution in [2.75, 3.05) is 44.2 Å². The first-order valence-electron chi connectivity index (χ1n) is 11.8. The number of piperazine rings is 1. The molecule has 0 bridgehead atoms. The molecule has 1 saturated carbocycles. The maximum Gasteiger partial charge on any atom is 0.239 e. The molecule has 1 aliphatic carbocycles. The fourth-order valence-corrected chi connectivity index (χ4v) is 8.32. The number of unbranched alkanes of at least 4 members (excludes halogenated alkanes) is 1. The van der Waals surface area contributed by atoms with Crippen molar-refractivity contribution in [3.05, 3.63) is 24.3 Å². The standard InChI is InChI=1S/C24H34N4OS2/c1-23(2)28(22(29)24(31-23)11-5-6-12-24)14-8-7-13-26-15-17-27(18-16-26)21-19-9-3-4-10-20(19)30-25-21/h3-4,9-10H,5-8,11-18H2,1-2H3. The highest BCUT2D eigenvalue weighted by Crippen LogP contribution is 2.55. The molecule has 1 aromatic carbocycles. The van der Waals surface area contributed by atoms with E-state index in [4.69, 9.17) is 4.37 Å². The smallest absolute Gasteiger partial charge is 0.239 e. The normalized spacial score (nSPS) is 23.5. The van der Waals surface area contributed by atoms with Gasteiger partial charge >= 0.3 is 0 Å². The Hall–Kier alpha value is -1.31. The van der Waals surface area contributed by atoms with E-state index in [1.165, 1.54) is 22.9 Å². The molecule has 3 heterocycles. The summed E-state index contributed by atoms with van der Waals surface area (Å²) < 4.78 is 5.90. The van der Waals surface area contributed by atoms with E-state index in [2.05, 4.69) is 52.8 Å². The Labute approximate surface area is 194 Å². The molecule has 5 rings (SSSR count). The van der Waals surface area contributed by atoms with Gasteiger partial charge in [0.15, 0.2) is 0 Å². The van der Waals surface area contributed by atoms with Crippen LogP contribution in [0.15, 0.2) is 24.3 Å². The van der Waals surface area contributed by atoms with Gasteiger partial charge in [0, 0.05) is 38.1 Å². The highest BCUT2D eigenvalue weighted by Gasteiger charge is 2.56. The minimum absolute atomic E-state index is 0.0522. The molecular weight excluding hydrogens is 424 g/mol. The number of anilines is 1. The third kappa shape index (κ3) is 4.09. The van der Waals surface area contributed by atoms with Gasteiger partial charge in [0.2, 0.25) is 5.91 Å². The molecule has 1 aromatic heterocycles. The van der Waals surface area contributed by atoms with Crippen molar-refractivity contribution < 1.29 is 4.79 Å². The van der Waals surface area contributed by atoms with E-state index in [9.17, 15) is 4.79 Å². The zero-order valence-electron chi connectivity index (χ0n) is 18.8. The first-order chi connectivity index (χ1) is 15.0. The molecule has 0 atom stereocenters. The summed E-state index contributed by atoms with van der Waals surface area (Å²) in [5.41, 5.74) is 0. The number of rotatable bonds is 6. The molecule has 0 N–H and O–H groups in total. The first-order valence-corrected chi connectivity index (χ1v) is 13.4. The molecule has 31 heavy (non-hydrogen) atoms. The second-order valence-corrected chi connectivity index (χ2v) is 12.5. The Morgan fingerprint density at radius 2 is 1.71 bits per heavy atom. The zero-order valence-corrected chi connectivity index (χ0v) is 20.4. The number of aromatic nitrogens is 1. The number of nitrogens with zero attached hydrogens (tertiary/aromatic N) is 4. The molecule has 0 radical (unpaired) electrons. The monoisotopic (exact) mass is 458 g/mol. The highest BCUT2D eigenvalue weighted by molar-refractivity contribution is 8.03. The van der Waals surface area contributed by atoms with E-state index < -0.39 is 0 Å². The minimum atomic E-state index is -0.0975. The van der Waals surface area contributed by atoms with Gasteiger partial charge in [0.1, 0.15) is 5.82 Å². The predicted molar refractivity (Wildman–Crippen MR) is 132 cm³/mol. The third-order valence-electron chi connectivity index (χ3n) is 7.28. The summed E-state index contributed by atoms with van der Waals surface area (Å²) in [5.74, 6) is 1.58. The fraction of sp³-hybridized carbons (Fsp3) is 0.667. The molecule has 168 valence electrons. The molecule has 3 fully saturated rings. The molecule has 2 aliphatic heterocycles. The topological polar surface area (TPSA) is 39.7 Å². The van der Waals surface area contributed by atoms with Gasteiger partial charge in [0.25, 0.3) is 0 Å². The Kier molecular flexibility index (Phi) is 5.95. The molecule has 7 heteroatoms. The number of benzene rings is 1. The largest absolute Gasteiger partial charge is 0.353 e. The van der Waals surface area contributed by atoms with Crippen LogP contribution in [0, 0.1) is 0 Å². The van der Waals surface area contributed by atoms with Gasteiger partial charge in [-0.15, -0.1) is 11.8 Å². The van der Waals surface area contributed by atoms with Gasteiger partial charge in [-0.3, -0.25) is 9.69 Å². The minimum Gasteiger partial charge on any atom is -0.353 e. The van der Waals surface area contributed by atoms with Crippen LogP contribution in [0.5, 0.6) is 0 Å². The van der Waals surface area contributed by atoms with Crippen molar-refractivity contribution in [2.24, 2.45) is 0 Å². The van der Waals surface area contributed by atoms with Crippen LogP contribution in [0.3, 0.4) is 0 Å². The predicted octanol–water partition coefficient (Wildman–Crippen LogP) is 4.82. The van der Waals surface area contributed by atoms with Gasteiger partial charge in [-0.05, 0) is 69.7 Å². The van der Waals surface area contributed by atoms with Crippen molar-refractivity contribution in [3.8, 4) is 0 Å². The van der Waals surface area contributed by atoms with Crippen LogP contribution in [0.4, 0.5) is 5.82 Å². The van der Waals surface area contributed by atoms with E-state index in [0.29, 0.717) is 5.91 Å². The molecule has 2 aromatic rings. The Balaban J connectivity index is 1.08. The van der Waals surface area contributed by atoms with E-state index in [-0.39, 0.29) is 9.62 Å². The van der Waals surface area contributed by atoms with E-state index in [1.54, 1.807) is 11.5 Å². The second-order valence-electron chi connectivity index (χ2n) is 9.75. The van der Waals surface area contributed by atoms with Crippen LogP contribution in [-0.2, 0) is 4.79 Å². The van der Waals surface area contributed by atoms with Gasteiger partial charge < -0.3 is 9.80 Å². The summed E-state index contributed by atoms with van der Waals surface area (Å²) in [6.07, 6.45) is 6.85. The fourth-order valence-electron chi connectivity index (χ4n) is 5.59. The Morgan fingerprint density at radius 1 is 1.00 bits per heavy atom. The number of hydrogen-bond donors (Lipinski definition) is 0. The van der Waals surface area contributed by atoms with Crippen LogP contribution in [0.25, 0.3) is 10.1 Å². The van der Waals surface area contributed by atoms with Crippen LogP contribution < -0.4 is 4.90 Å². The summed E-state index contributed by atoms with van der Waals surface area (Å²) in [6.45, 7) is 10.8. The second kappa shape index (κ2) is 8.56. The van der Waals surface area contributed by atoms with Crippen LogP contribution in [0.2, 0.25) is 0 Å². The van der Waals surface area contributed by atoms with Crippen LogP contribution in [0.1, 0.15) is 52.4 Å². The maximum atomic E-state index is 13.2. The van der Waals surface area contributed by atoms with Gasteiger partial charge in [-0.2, -0.15) is 4.37 Å². The SMILES string of the molecule is CC1(C)SC2(CCCC2)C(=O)N1CCCCN1CCN(c2nsc3ccccc23)CC1. The van der Waals surface area contributed by atoms with Gasteiger partial charge in [-0.25, -0.2) is 0 Å². The first kappa shape index (κ1) is 21.5.